The molecule has 0 amide bonds. The number of ether oxygens (including phenoxy) is 1. The Labute approximate surface area is 103 Å². The summed E-state index contributed by atoms with van der Waals surface area (Å²) in [5, 5.41) is 0. The van der Waals surface area contributed by atoms with Gasteiger partial charge in [-0.1, -0.05) is 15.9 Å². The van der Waals surface area contributed by atoms with E-state index in [9.17, 15) is 0 Å². The van der Waals surface area contributed by atoms with E-state index in [4.69, 9.17) is 4.74 Å². The first-order chi connectivity index (χ1) is 7.83. The van der Waals surface area contributed by atoms with Crippen molar-refractivity contribution in [3.05, 3.63) is 34.7 Å². The highest BCUT2D eigenvalue weighted by atomic mass is 79.9. The summed E-state index contributed by atoms with van der Waals surface area (Å²) in [4.78, 5) is 4.61. The first-order valence-electron chi connectivity index (χ1n) is 5.59. The third-order valence-electron chi connectivity index (χ3n) is 2.95. The number of imidazole rings is 1. The van der Waals surface area contributed by atoms with Gasteiger partial charge in [-0.05, 0) is 31.4 Å². The number of hydrogen-bond acceptors (Lipinski definition) is 2. The molecule has 2 aromatic heterocycles. The number of pyridine rings is 1. The summed E-state index contributed by atoms with van der Waals surface area (Å²) in [5.41, 5.74) is 2.02. The fourth-order valence-corrected chi connectivity index (χ4v) is 2.43. The molecule has 0 aromatic carbocycles. The van der Waals surface area contributed by atoms with Gasteiger partial charge in [-0.25, -0.2) is 4.98 Å². The SMILES string of the molecule is Brc1ccn2cc(C3CCCCO3)nc2c1. The summed E-state index contributed by atoms with van der Waals surface area (Å²) in [6, 6.07) is 4.03. The molecule has 0 bridgehead atoms. The van der Waals surface area contributed by atoms with Crippen LogP contribution < -0.4 is 0 Å². The van der Waals surface area contributed by atoms with Crippen molar-refractivity contribution in [1.82, 2.24) is 9.38 Å². The lowest BCUT2D eigenvalue weighted by atomic mass is 10.1. The third-order valence-corrected chi connectivity index (χ3v) is 3.44. The van der Waals surface area contributed by atoms with E-state index in [-0.39, 0.29) is 6.10 Å². The van der Waals surface area contributed by atoms with Gasteiger partial charge in [-0.3, -0.25) is 0 Å². The molecule has 2 aromatic rings. The lowest BCUT2D eigenvalue weighted by molar-refractivity contribution is 0.0126. The molecule has 3 nitrogen and oxygen atoms in total. The topological polar surface area (TPSA) is 26.5 Å². The summed E-state index contributed by atoms with van der Waals surface area (Å²) in [5.74, 6) is 0. The first-order valence-corrected chi connectivity index (χ1v) is 6.38. The quantitative estimate of drug-likeness (QED) is 0.801. The van der Waals surface area contributed by atoms with Gasteiger partial charge in [0, 0.05) is 23.5 Å². The average molecular weight is 281 g/mol. The van der Waals surface area contributed by atoms with Crippen LogP contribution in [0.2, 0.25) is 0 Å². The summed E-state index contributed by atoms with van der Waals surface area (Å²) in [6.45, 7) is 0.863. The van der Waals surface area contributed by atoms with Crippen LogP contribution in [0.15, 0.2) is 29.0 Å². The molecule has 0 aliphatic carbocycles. The maximum absolute atomic E-state index is 5.74. The van der Waals surface area contributed by atoms with Gasteiger partial charge in [-0.2, -0.15) is 0 Å². The molecule has 0 radical (unpaired) electrons. The summed E-state index contributed by atoms with van der Waals surface area (Å²) < 4.78 is 8.83. The monoisotopic (exact) mass is 280 g/mol. The van der Waals surface area contributed by atoms with E-state index >= 15 is 0 Å². The zero-order chi connectivity index (χ0) is 11.0. The minimum absolute atomic E-state index is 0.187. The van der Waals surface area contributed by atoms with Crippen LogP contribution in [0.1, 0.15) is 31.1 Å². The molecule has 4 heteroatoms. The normalized spacial score (nSPS) is 21.4. The van der Waals surface area contributed by atoms with Gasteiger partial charge in [0.2, 0.25) is 0 Å². The van der Waals surface area contributed by atoms with E-state index in [0.29, 0.717) is 0 Å². The van der Waals surface area contributed by atoms with Gasteiger partial charge >= 0.3 is 0 Å². The molecule has 1 fully saturated rings. The Hall–Kier alpha value is -0.870. The standard InChI is InChI=1S/C12H13BrN2O/c13-9-4-5-15-8-10(14-12(15)7-9)11-3-1-2-6-16-11/h4-5,7-8,11H,1-3,6H2. The van der Waals surface area contributed by atoms with Crippen molar-refractivity contribution >= 4 is 21.6 Å². The minimum Gasteiger partial charge on any atom is -0.372 e. The second-order valence-corrected chi connectivity index (χ2v) is 5.05. The van der Waals surface area contributed by atoms with E-state index in [1.807, 2.05) is 22.7 Å². The number of halogens is 1. The summed E-state index contributed by atoms with van der Waals surface area (Å²) in [7, 11) is 0. The van der Waals surface area contributed by atoms with Crippen molar-refractivity contribution in [1.29, 1.82) is 0 Å². The van der Waals surface area contributed by atoms with Gasteiger partial charge in [-0.15, -0.1) is 0 Å². The smallest absolute Gasteiger partial charge is 0.138 e. The number of fused-ring (bicyclic) bond motifs is 1. The molecule has 3 rings (SSSR count). The van der Waals surface area contributed by atoms with Crippen LogP contribution in [0, 0.1) is 0 Å². The van der Waals surface area contributed by atoms with Gasteiger partial charge in [0.1, 0.15) is 11.8 Å². The molecule has 1 atom stereocenters. The van der Waals surface area contributed by atoms with Crippen LogP contribution in [-0.4, -0.2) is 16.0 Å². The largest absolute Gasteiger partial charge is 0.372 e. The molecule has 0 saturated carbocycles. The molecule has 0 N–H and O–H groups in total. The highest BCUT2D eigenvalue weighted by Gasteiger charge is 2.18. The molecule has 1 aliphatic rings. The van der Waals surface area contributed by atoms with Gasteiger partial charge in [0.25, 0.3) is 0 Å². The van der Waals surface area contributed by atoms with E-state index in [2.05, 4.69) is 27.1 Å². The Balaban J connectivity index is 1.97. The zero-order valence-electron chi connectivity index (χ0n) is 8.90. The van der Waals surface area contributed by atoms with E-state index in [1.165, 1.54) is 12.8 Å². The van der Waals surface area contributed by atoms with E-state index in [1.54, 1.807) is 0 Å². The van der Waals surface area contributed by atoms with Crippen molar-refractivity contribution in [3.63, 3.8) is 0 Å². The minimum atomic E-state index is 0.187. The van der Waals surface area contributed by atoms with Crippen LogP contribution in [-0.2, 0) is 4.74 Å². The van der Waals surface area contributed by atoms with Crippen molar-refractivity contribution in [2.75, 3.05) is 6.61 Å². The Morgan fingerprint density at radius 3 is 3.19 bits per heavy atom. The van der Waals surface area contributed by atoms with Gasteiger partial charge in [0.15, 0.2) is 0 Å². The van der Waals surface area contributed by atoms with Crippen molar-refractivity contribution in [2.45, 2.75) is 25.4 Å². The van der Waals surface area contributed by atoms with Crippen LogP contribution in [0.25, 0.3) is 5.65 Å². The zero-order valence-corrected chi connectivity index (χ0v) is 10.5. The predicted octanol–water partition coefficient (Wildman–Crippen LogP) is 3.34. The van der Waals surface area contributed by atoms with Crippen LogP contribution in [0.5, 0.6) is 0 Å². The van der Waals surface area contributed by atoms with Crippen LogP contribution in [0.4, 0.5) is 0 Å². The highest BCUT2D eigenvalue weighted by Crippen LogP contribution is 2.27. The highest BCUT2D eigenvalue weighted by molar-refractivity contribution is 9.10. The summed E-state index contributed by atoms with van der Waals surface area (Å²) in [6.07, 6.45) is 7.77. The van der Waals surface area contributed by atoms with Crippen molar-refractivity contribution in [2.24, 2.45) is 0 Å². The molecule has 1 saturated heterocycles. The van der Waals surface area contributed by atoms with E-state index < -0.39 is 0 Å². The van der Waals surface area contributed by atoms with E-state index in [0.717, 1.165) is 28.8 Å². The Bertz CT molecular complexity index is 503. The lowest BCUT2D eigenvalue weighted by Crippen LogP contribution is -2.11. The first kappa shape index (κ1) is 10.3. The fourth-order valence-electron chi connectivity index (χ4n) is 2.11. The molecule has 0 spiro atoms. The molecule has 1 aliphatic heterocycles. The van der Waals surface area contributed by atoms with Crippen molar-refractivity contribution in [3.8, 4) is 0 Å². The molecular weight excluding hydrogens is 268 g/mol. The third kappa shape index (κ3) is 1.87. The average Bonchev–Trinajstić information content (AvgIpc) is 2.73. The molecule has 84 valence electrons. The Morgan fingerprint density at radius 1 is 1.44 bits per heavy atom. The summed E-state index contributed by atoms with van der Waals surface area (Å²) >= 11 is 3.45. The van der Waals surface area contributed by atoms with Crippen molar-refractivity contribution < 1.29 is 4.74 Å². The van der Waals surface area contributed by atoms with Crippen LogP contribution in [0.3, 0.4) is 0 Å². The Kier molecular flexibility index (Phi) is 2.69. The second kappa shape index (κ2) is 4.18. The molecule has 16 heavy (non-hydrogen) atoms. The number of nitrogens with zero attached hydrogens (tertiary/aromatic N) is 2. The van der Waals surface area contributed by atoms with Gasteiger partial charge < -0.3 is 9.14 Å². The fraction of sp³-hybridized carbons (Fsp3) is 0.417. The number of aromatic nitrogens is 2. The lowest BCUT2D eigenvalue weighted by Gasteiger charge is -2.20. The molecular formula is C12H13BrN2O. The maximum atomic E-state index is 5.74. The second-order valence-electron chi connectivity index (χ2n) is 4.13. The number of hydrogen-bond donors (Lipinski definition) is 0. The Morgan fingerprint density at radius 2 is 2.38 bits per heavy atom. The maximum Gasteiger partial charge on any atom is 0.138 e. The number of rotatable bonds is 1. The molecule has 1 unspecified atom stereocenters. The van der Waals surface area contributed by atoms with Crippen LogP contribution >= 0.6 is 15.9 Å². The molecule has 3 heterocycles. The predicted molar refractivity (Wildman–Crippen MR) is 65.4 cm³/mol. The van der Waals surface area contributed by atoms with Gasteiger partial charge in [0.05, 0.1) is 5.69 Å².